The highest BCUT2D eigenvalue weighted by Crippen LogP contribution is 2.38. The van der Waals surface area contributed by atoms with Gasteiger partial charge in [0.15, 0.2) is 0 Å². The van der Waals surface area contributed by atoms with Crippen molar-refractivity contribution in [3.63, 3.8) is 0 Å². The van der Waals surface area contributed by atoms with Crippen LogP contribution in [0.5, 0.6) is 0 Å². The third kappa shape index (κ3) is 7.93. The maximum Gasteiger partial charge on any atom is 0.348 e. The van der Waals surface area contributed by atoms with Crippen molar-refractivity contribution < 1.29 is 19.5 Å². The number of carboxylic acid groups (broad SMARTS) is 1. The van der Waals surface area contributed by atoms with E-state index in [1.165, 1.54) is 0 Å². The van der Waals surface area contributed by atoms with E-state index >= 15 is 0 Å². The molecule has 1 atom stereocenters. The number of hydrogen-bond acceptors (Lipinski definition) is 6. The minimum atomic E-state index is -1.02. The molecule has 208 valence electrons. The van der Waals surface area contributed by atoms with Crippen LogP contribution in [0.4, 0.5) is 5.69 Å². The van der Waals surface area contributed by atoms with Crippen LogP contribution in [-0.4, -0.2) is 28.0 Å². The van der Waals surface area contributed by atoms with Gasteiger partial charge < -0.3 is 10.0 Å². The third-order valence-corrected chi connectivity index (χ3v) is 8.30. The zero-order chi connectivity index (χ0) is 28.0. The van der Waals surface area contributed by atoms with E-state index < -0.39 is 5.97 Å². The van der Waals surface area contributed by atoms with E-state index in [-0.39, 0.29) is 28.2 Å². The number of aromatic carboxylic acids is 1. The number of pyridine rings is 1. The minimum Gasteiger partial charge on any atom is -0.477 e. The van der Waals surface area contributed by atoms with Crippen molar-refractivity contribution in [1.82, 2.24) is 10.5 Å². The summed E-state index contributed by atoms with van der Waals surface area (Å²) < 4.78 is 0. The highest BCUT2D eigenvalue weighted by atomic mass is 32.1. The number of thiophene rings is 1. The quantitative estimate of drug-likeness (QED) is 0.286. The number of nitrogens with one attached hydrogen (secondary N) is 1. The van der Waals surface area contributed by atoms with Crippen LogP contribution in [0.3, 0.4) is 0 Å². The number of carbonyl (C=O) groups excluding carboxylic acids is 1. The Kier molecular flexibility index (Phi) is 9.47. The number of allylic oxidation sites excluding steroid dienone is 1. The van der Waals surface area contributed by atoms with E-state index in [4.69, 9.17) is 4.84 Å². The van der Waals surface area contributed by atoms with Crippen LogP contribution in [0.15, 0.2) is 42.4 Å². The summed E-state index contributed by atoms with van der Waals surface area (Å²) in [6.07, 6.45) is 11.3. The fourth-order valence-corrected chi connectivity index (χ4v) is 5.90. The zero-order valence-electron chi connectivity index (χ0n) is 23.3. The maximum absolute atomic E-state index is 14.1. The van der Waals surface area contributed by atoms with Gasteiger partial charge in [0.2, 0.25) is 5.91 Å². The monoisotopic (exact) mass is 549 g/mol. The van der Waals surface area contributed by atoms with Gasteiger partial charge in [-0.25, -0.2) is 4.79 Å². The van der Waals surface area contributed by atoms with E-state index in [1.807, 2.05) is 39.0 Å². The topological polar surface area (TPSA) is 91.8 Å². The van der Waals surface area contributed by atoms with Crippen LogP contribution < -0.4 is 10.4 Å². The summed E-state index contributed by atoms with van der Waals surface area (Å²) in [7, 11) is 0. The Balaban J connectivity index is 1.56. The summed E-state index contributed by atoms with van der Waals surface area (Å²) in [6, 6.07) is 5.50. The molecule has 2 N–H and O–H groups in total. The van der Waals surface area contributed by atoms with Crippen molar-refractivity contribution in [2.75, 3.05) is 4.90 Å². The molecule has 0 unspecified atom stereocenters. The summed E-state index contributed by atoms with van der Waals surface area (Å²) in [5, 5.41) is 10.1. The molecule has 8 heteroatoms. The van der Waals surface area contributed by atoms with E-state index in [0.717, 1.165) is 48.3 Å². The first kappa shape index (κ1) is 28.8. The number of hydrogen-bond donors (Lipinski definition) is 2. The molecule has 0 saturated heterocycles. The second kappa shape index (κ2) is 12.8. The Morgan fingerprint density at radius 3 is 2.51 bits per heavy atom. The smallest absolute Gasteiger partial charge is 0.348 e. The van der Waals surface area contributed by atoms with E-state index in [0.29, 0.717) is 42.4 Å². The molecule has 0 radical (unpaired) electrons. The summed E-state index contributed by atoms with van der Waals surface area (Å²) in [5.41, 5.74) is 5.33. The second-order valence-electron chi connectivity index (χ2n) is 11.7. The predicted octanol–water partition coefficient (Wildman–Crippen LogP) is 6.56. The van der Waals surface area contributed by atoms with Gasteiger partial charge in [-0.05, 0) is 95.4 Å². The second-order valence-corrected chi connectivity index (χ2v) is 12.8. The normalized spacial score (nSPS) is 21.3. The molecule has 0 aliphatic heterocycles. The first-order chi connectivity index (χ1) is 18.6. The van der Waals surface area contributed by atoms with Gasteiger partial charge in [-0.1, -0.05) is 24.8 Å². The summed E-state index contributed by atoms with van der Waals surface area (Å²) in [5.74, 6) is 5.91. The number of anilines is 1. The molecular weight excluding hydrogens is 510 g/mol. The summed E-state index contributed by atoms with van der Waals surface area (Å²) in [6.45, 7) is 8.72. The molecule has 7 nitrogen and oxygen atoms in total. The fourth-order valence-electron chi connectivity index (χ4n) is 5.06. The molecule has 2 heterocycles. The van der Waals surface area contributed by atoms with Crippen molar-refractivity contribution in [2.45, 2.75) is 85.3 Å². The van der Waals surface area contributed by atoms with Gasteiger partial charge in [-0.2, -0.15) is 0 Å². The van der Waals surface area contributed by atoms with Gasteiger partial charge in [-0.15, -0.1) is 11.3 Å². The number of aromatic nitrogens is 1. The molecule has 2 aromatic rings. The van der Waals surface area contributed by atoms with Crippen LogP contribution in [0.2, 0.25) is 0 Å². The van der Waals surface area contributed by atoms with Gasteiger partial charge in [0.05, 0.1) is 17.2 Å². The molecule has 0 bridgehead atoms. The minimum absolute atomic E-state index is 0.0428. The Morgan fingerprint density at radius 2 is 1.90 bits per heavy atom. The van der Waals surface area contributed by atoms with Crippen molar-refractivity contribution in [3.8, 4) is 11.8 Å². The Morgan fingerprint density at radius 1 is 1.18 bits per heavy atom. The molecule has 0 aromatic carbocycles. The molecule has 0 spiro atoms. The predicted molar refractivity (Wildman–Crippen MR) is 154 cm³/mol. The van der Waals surface area contributed by atoms with Crippen LogP contribution in [0.25, 0.3) is 0 Å². The largest absolute Gasteiger partial charge is 0.477 e. The number of hydroxylamine groups is 1. The van der Waals surface area contributed by atoms with Gasteiger partial charge in [0, 0.05) is 35.5 Å². The standard InChI is InChI=1S/C31H39N3O4S/c1-21-5-7-23(8-6-21)29(35)34(27-19-26(13-16-31(2,3)4)39-28(27)30(36)37)25-11-9-24(10-12-25)33-38-20-22-14-17-32-18-15-22/h9,14-15,17-19,21,23,25,33H,5-8,10-12,20H2,1-4H3,(H,36,37)/t21?,23?,25-/m0/s1. The molecule has 2 aliphatic carbocycles. The Hall–Kier alpha value is -3.15. The van der Waals surface area contributed by atoms with Gasteiger partial charge in [-0.3, -0.25) is 20.1 Å². The van der Waals surface area contributed by atoms with Crippen LogP contribution in [-0.2, 0) is 16.2 Å². The highest BCUT2D eigenvalue weighted by Gasteiger charge is 2.36. The molecule has 39 heavy (non-hydrogen) atoms. The van der Waals surface area contributed by atoms with Gasteiger partial charge in [0.1, 0.15) is 4.88 Å². The van der Waals surface area contributed by atoms with Crippen molar-refractivity contribution >= 4 is 28.9 Å². The molecule has 1 saturated carbocycles. The average Bonchev–Trinajstić information content (AvgIpc) is 3.33. The van der Waals surface area contributed by atoms with Crippen LogP contribution in [0, 0.1) is 29.1 Å². The molecule has 1 amide bonds. The maximum atomic E-state index is 14.1. The third-order valence-electron chi connectivity index (χ3n) is 7.27. The Bertz CT molecular complexity index is 1240. The van der Waals surface area contributed by atoms with E-state index in [9.17, 15) is 14.7 Å². The van der Waals surface area contributed by atoms with Crippen molar-refractivity contribution in [2.24, 2.45) is 17.3 Å². The zero-order valence-corrected chi connectivity index (χ0v) is 24.1. The van der Waals surface area contributed by atoms with Crippen LogP contribution in [0.1, 0.15) is 92.8 Å². The fraction of sp³-hybridized carbons (Fsp3) is 0.516. The number of carbonyl (C=O) groups is 2. The van der Waals surface area contributed by atoms with E-state index in [1.54, 1.807) is 17.3 Å². The number of nitrogens with zero attached hydrogens (tertiary/aromatic N) is 2. The van der Waals surface area contributed by atoms with Crippen molar-refractivity contribution in [3.05, 3.63) is 57.7 Å². The number of amides is 1. The van der Waals surface area contributed by atoms with Gasteiger partial charge >= 0.3 is 5.97 Å². The lowest BCUT2D eigenvalue weighted by molar-refractivity contribution is -0.124. The lowest BCUT2D eigenvalue weighted by atomic mass is 9.81. The summed E-state index contributed by atoms with van der Waals surface area (Å²) >= 11 is 1.16. The Labute approximate surface area is 235 Å². The van der Waals surface area contributed by atoms with E-state index in [2.05, 4.69) is 35.3 Å². The number of carboxylic acids is 1. The highest BCUT2D eigenvalue weighted by molar-refractivity contribution is 7.15. The summed E-state index contributed by atoms with van der Waals surface area (Å²) in [4.78, 5) is 38.7. The lowest BCUT2D eigenvalue weighted by Gasteiger charge is -2.37. The molecule has 2 aromatic heterocycles. The molecule has 4 rings (SSSR count). The molecule has 1 fully saturated rings. The van der Waals surface area contributed by atoms with Gasteiger partial charge in [0.25, 0.3) is 0 Å². The van der Waals surface area contributed by atoms with Crippen LogP contribution >= 0.6 is 11.3 Å². The SMILES string of the molecule is CC1CCC(C(=O)N(c2cc(C#CC(C)(C)C)sc2C(=O)O)[C@H]2CC=C(NOCc3ccncc3)CC2)CC1. The first-order valence-electron chi connectivity index (χ1n) is 13.8. The molecular formula is C31H39N3O4S. The van der Waals surface area contributed by atoms with Crippen molar-refractivity contribution in [1.29, 1.82) is 0 Å². The lowest BCUT2D eigenvalue weighted by Crippen LogP contribution is -2.46. The molecule has 2 aliphatic rings. The first-order valence-corrected chi connectivity index (χ1v) is 14.6. The number of rotatable bonds is 8. The average molecular weight is 550 g/mol.